The lowest BCUT2D eigenvalue weighted by Gasteiger charge is -2.20. The topological polar surface area (TPSA) is 17.1 Å². The summed E-state index contributed by atoms with van der Waals surface area (Å²) in [4.78, 5) is 12.4. The second kappa shape index (κ2) is 3.94. The Morgan fingerprint density at radius 3 is 2.76 bits per heavy atom. The first kappa shape index (κ1) is 10.9. The fourth-order valence-electron chi connectivity index (χ4n) is 3.59. The van der Waals surface area contributed by atoms with E-state index in [4.69, 9.17) is 0 Å². The van der Waals surface area contributed by atoms with Crippen molar-refractivity contribution in [2.45, 2.75) is 32.6 Å². The Morgan fingerprint density at radius 2 is 2.12 bits per heavy atom. The minimum atomic E-state index is -0.358. The smallest absolute Gasteiger partial charge is 0.169 e. The van der Waals surface area contributed by atoms with Crippen LogP contribution >= 0.6 is 0 Å². The first-order valence-electron chi connectivity index (χ1n) is 6.45. The van der Waals surface area contributed by atoms with Crippen molar-refractivity contribution in [3.63, 3.8) is 0 Å². The lowest BCUT2D eigenvalue weighted by molar-refractivity contribution is 0.0870. The van der Waals surface area contributed by atoms with E-state index in [1.165, 1.54) is 18.9 Å². The van der Waals surface area contributed by atoms with Crippen LogP contribution in [0.2, 0.25) is 0 Å². The molecule has 3 atom stereocenters. The lowest BCUT2D eigenvalue weighted by atomic mass is 9.83. The highest BCUT2D eigenvalue weighted by atomic mass is 19.1. The molecule has 2 bridgehead atoms. The predicted octanol–water partition coefficient (Wildman–Crippen LogP) is 3.75. The van der Waals surface area contributed by atoms with Crippen LogP contribution < -0.4 is 0 Å². The molecule has 3 rings (SSSR count). The number of ketones is 1. The van der Waals surface area contributed by atoms with Crippen molar-refractivity contribution in [1.29, 1.82) is 0 Å². The quantitative estimate of drug-likeness (QED) is 0.710. The van der Waals surface area contributed by atoms with Gasteiger partial charge in [-0.3, -0.25) is 4.79 Å². The molecular formula is C15H17FO. The number of benzene rings is 1. The molecule has 1 nitrogen and oxygen atoms in total. The monoisotopic (exact) mass is 232 g/mol. The summed E-state index contributed by atoms with van der Waals surface area (Å²) in [7, 11) is 0. The molecule has 2 saturated carbocycles. The number of aryl methyl sites for hydroxylation is 1. The number of rotatable bonds is 2. The molecule has 3 unspecified atom stereocenters. The zero-order valence-corrected chi connectivity index (χ0v) is 10.1. The van der Waals surface area contributed by atoms with Gasteiger partial charge in [-0.2, -0.15) is 0 Å². The van der Waals surface area contributed by atoms with Crippen LogP contribution in [-0.2, 0) is 0 Å². The molecule has 2 heteroatoms. The van der Waals surface area contributed by atoms with Crippen LogP contribution in [0.5, 0.6) is 0 Å². The van der Waals surface area contributed by atoms with Gasteiger partial charge in [-0.1, -0.05) is 18.1 Å². The zero-order chi connectivity index (χ0) is 12.0. The SMILES string of the molecule is Cc1ccc(F)c(C(=O)C2CC3CCC2C3)c1. The van der Waals surface area contributed by atoms with Gasteiger partial charge in [-0.15, -0.1) is 0 Å². The largest absolute Gasteiger partial charge is 0.294 e. The molecule has 0 N–H and O–H groups in total. The van der Waals surface area contributed by atoms with Crippen molar-refractivity contribution in [3.05, 3.63) is 35.1 Å². The summed E-state index contributed by atoms with van der Waals surface area (Å²) >= 11 is 0. The number of carbonyl (C=O) groups is 1. The molecule has 1 aromatic rings. The minimum Gasteiger partial charge on any atom is -0.294 e. The van der Waals surface area contributed by atoms with Gasteiger partial charge in [0.15, 0.2) is 5.78 Å². The van der Waals surface area contributed by atoms with E-state index in [9.17, 15) is 9.18 Å². The molecular weight excluding hydrogens is 215 g/mol. The summed E-state index contributed by atoms with van der Waals surface area (Å²) in [6.07, 6.45) is 4.60. The third-order valence-corrected chi connectivity index (χ3v) is 4.46. The Morgan fingerprint density at radius 1 is 1.29 bits per heavy atom. The van der Waals surface area contributed by atoms with E-state index in [0.29, 0.717) is 11.5 Å². The van der Waals surface area contributed by atoms with E-state index in [2.05, 4.69) is 0 Å². The Bertz CT molecular complexity index is 466. The molecule has 0 spiro atoms. The van der Waals surface area contributed by atoms with Gasteiger partial charge in [0.05, 0.1) is 5.56 Å². The molecule has 90 valence electrons. The summed E-state index contributed by atoms with van der Waals surface area (Å²) in [5.74, 6) is 1.01. The summed E-state index contributed by atoms with van der Waals surface area (Å²) < 4.78 is 13.7. The van der Waals surface area contributed by atoms with E-state index in [0.717, 1.165) is 24.3 Å². The predicted molar refractivity (Wildman–Crippen MR) is 64.4 cm³/mol. The maximum absolute atomic E-state index is 13.7. The summed E-state index contributed by atoms with van der Waals surface area (Å²) in [5, 5.41) is 0. The fraction of sp³-hybridized carbons (Fsp3) is 0.533. The minimum absolute atomic E-state index is 0.0402. The highest BCUT2D eigenvalue weighted by Gasteiger charge is 2.43. The van der Waals surface area contributed by atoms with Crippen LogP contribution in [0.3, 0.4) is 0 Å². The maximum atomic E-state index is 13.7. The van der Waals surface area contributed by atoms with E-state index in [1.807, 2.05) is 6.92 Å². The number of Topliss-reactive ketones (excluding diaryl/α,β-unsaturated/α-hetero) is 1. The molecule has 0 amide bonds. The normalized spacial score (nSPS) is 30.8. The third-order valence-electron chi connectivity index (χ3n) is 4.46. The summed E-state index contributed by atoms with van der Waals surface area (Å²) in [6, 6.07) is 4.83. The standard InChI is InChI=1S/C15H17FO/c1-9-2-5-14(16)13(6-9)15(17)12-8-10-3-4-11(12)7-10/h2,5-6,10-12H,3-4,7-8H2,1H3. The average molecular weight is 232 g/mol. The van der Waals surface area contributed by atoms with E-state index >= 15 is 0 Å². The molecule has 0 heterocycles. The van der Waals surface area contributed by atoms with Crippen molar-refractivity contribution < 1.29 is 9.18 Å². The van der Waals surface area contributed by atoms with Gasteiger partial charge in [0, 0.05) is 5.92 Å². The number of halogens is 1. The summed E-state index contributed by atoms with van der Waals surface area (Å²) in [6.45, 7) is 1.90. The van der Waals surface area contributed by atoms with Gasteiger partial charge in [0.1, 0.15) is 5.82 Å². The Hall–Kier alpha value is -1.18. The lowest BCUT2D eigenvalue weighted by Crippen LogP contribution is -2.22. The van der Waals surface area contributed by atoms with E-state index in [-0.39, 0.29) is 17.5 Å². The van der Waals surface area contributed by atoms with Gasteiger partial charge >= 0.3 is 0 Å². The third kappa shape index (κ3) is 1.80. The molecule has 1 aromatic carbocycles. The maximum Gasteiger partial charge on any atom is 0.169 e. The van der Waals surface area contributed by atoms with Gasteiger partial charge in [-0.25, -0.2) is 4.39 Å². The number of carbonyl (C=O) groups excluding carboxylic acids is 1. The van der Waals surface area contributed by atoms with Crippen LogP contribution in [0.1, 0.15) is 41.6 Å². The number of fused-ring (bicyclic) bond motifs is 2. The van der Waals surface area contributed by atoms with Crippen LogP contribution in [-0.4, -0.2) is 5.78 Å². The zero-order valence-electron chi connectivity index (χ0n) is 10.1. The van der Waals surface area contributed by atoms with Crippen LogP contribution in [0.4, 0.5) is 4.39 Å². The van der Waals surface area contributed by atoms with E-state index < -0.39 is 0 Å². The molecule has 0 saturated heterocycles. The Kier molecular flexibility index (Phi) is 2.53. The Labute approximate surface area is 101 Å². The van der Waals surface area contributed by atoms with Crippen LogP contribution in [0.25, 0.3) is 0 Å². The molecule has 0 aromatic heterocycles. The summed E-state index contributed by atoms with van der Waals surface area (Å²) in [5.41, 5.74) is 1.26. The Balaban J connectivity index is 1.89. The van der Waals surface area contributed by atoms with Crippen LogP contribution in [0, 0.1) is 30.5 Å². The van der Waals surface area contributed by atoms with E-state index in [1.54, 1.807) is 12.1 Å². The molecule has 0 radical (unpaired) electrons. The molecule has 2 fully saturated rings. The fourth-order valence-corrected chi connectivity index (χ4v) is 3.59. The first-order chi connectivity index (χ1) is 8.15. The van der Waals surface area contributed by atoms with Gasteiger partial charge in [0.25, 0.3) is 0 Å². The van der Waals surface area contributed by atoms with Crippen molar-refractivity contribution >= 4 is 5.78 Å². The van der Waals surface area contributed by atoms with Crippen molar-refractivity contribution in [3.8, 4) is 0 Å². The molecule has 0 aliphatic heterocycles. The first-order valence-corrected chi connectivity index (χ1v) is 6.45. The van der Waals surface area contributed by atoms with Crippen molar-refractivity contribution in [1.82, 2.24) is 0 Å². The van der Waals surface area contributed by atoms with Gasteiger partial charge in [0.2, 0.25) is 0 Å². The van der Waals surface area contributed by atoms with Crippen molar-refractivity contribution in [2.75, 3.05) is 0 Å². The number of hydrogen-bond acceptors (Lipinski definition) is 1. The molecule has 17 heavy (non-hydrogen) atoms. The molecule has 2 aliphatic carbocycles. The second-order valence-electron chi connectivity index (χ2n) is 5.63. The average Bonchev–Trinajstić information content (AvgIpc) is 2.93. The van der Waals surface area contributed by atoms with Crippen molar-refractivity contribution in [2.24, 2.45) is 17.8 Å². The second-order valence-corrected chi connectivity index (χ2v) is 5.63. The molecule has 2 aliphatic rings. The van der Waals surface area contributed by atoms with Gasteiger partial charge < -0.3 is 0 Å². The number of hydrogen-bond donors (Lipinski definition) is 0. The highest BCUT2D eigenvalue weighted by Crippen LogP contribution is 2.49. The van der Waals surface area contributed by atoms with Gasteiger partial charge in [-0.05, 0) is 50.2 Å². The highest BCUT2D eigenvalue weighted by molar-refractivity contribution is 5.98. The van der Waals surface area contributed by atoms with Crippen LogP contribution in [0.15, 0.2) is 18.2 Å².